The fourth-order valence-corrected chi connectivity index (χ4v) is 3.22. The van der Waals surface area contributed by atoms with Crippen molar-refractivity contribution in [3.05, 3.63) is 41.6 Å². The molecule has 21 heavy (non-hydrogen) atoms. The van der Waals surface area contributed by atoms with Gasteiger partial charge in [-0.05, 0) is 18.1 Å². The number of benzene rings is 1. The van der Waals surface area contributed by atoms with Crippen molar-refractivity contribution in [1.29, 1.82) is 0 Å². The number of hydrogen-bond acceptors (Lipinski definition) is 4. The van der Waals surface area contributed by atoms with Gasteiger partial charge in [0.1, 0.15) is 0 Å². The van der Waals surface area contributed by atoms with Crippen molar-refractivity contribution < 1.29 is 0 Å². The summed E-state index contributed by atoms with van der Waals surface area (Å²) in [7, 11) is 0. The Hall–Kier alpha value is -1.59. The molecule has 0 saturated carbocycles. The topological polar surface area (TPSA) is 43.1 Å². The molecule has 0 saturated heterocycles. The molecule has 0 fully saturated rings. The lowest BCUT2D eigenvalue weighted by atomic mass is 10.1. The maximum Gasteiger partial charge on any atom is 0.212 e. The number of nitrogens with zero attached hydrogens (tertiary/aromatic N) is 4. The number of unbranched alkanes of at least 4 members (excludes halogenated alkanes) is 1. The van der Waals surface area contributed by atoms with Crippen LogP contribution < -0.4 is 0 Å². The van der Waals surface area contributed by atoms with Crippen LogP contribution in [0.15, 0.2) is 41.6 Å². The van der Waals surface area contributed by atoms with Gasteiger partial charge >= 0.3 is 0 Å². The van der Waals surface area contributed by atoms with Crippen molar-refractivity contribution in [3.8, 4) is 11.1 Å². The predicted octanol–water partition coefficient (Wildman–Crippen LogP) is 4.34. The molecule has 3 aromatic rings. The van der Waals surface area contributed by atoms with Crippen LogP contribution >= 0.6 is 23.4 Å². The molecule has 0 aliphatic carbocycles. The first-order valence-corrected chi connectivity index (χ1v) is 8.26. The van der Waals surface area contributed by atoms with E-state index in [1.807, 2.05) is 36.4 Å². The largest absolute Gasteiger partial charge is 0.212 e. The number of hydrogen-bond donors (Lipinski definition) is 0. The van der Waals surface area contributed by atoms with Crippen LogP contribution in [0.5, 0.6) is 0 Å². The Balaban J connectivity index is 1.98. The molecule has 0 amide bonds. The van der Waals surface area contributed by atoms with Crippen LogP contribution in [-0.2, 0) is 0 Å². The highest BCUT2D eigenvalue weighted by atomic mass is 35.5. The molecule has 2 heterocycles. The number of fused-ring (bicyclic) bond motifs is 1. The van der Waals surface area contributed by atoms with E-state index >= 15 is 0 Å². The Morgan fingerprint density at radius 2 is 2.00 bits per heavy atom. The van der Waals surface area contributed by atoms with Gasteiger partial charge in [-0.1, -0.05) is 67.0 Å². The van der Waals surface area contributed by atoms with Gasteiger partial charge in [-0.2, -0.15) is 9.61 Å². The lowest BCUT2D eigenvalue weighted by Gasteiger charge is -2.05. The molecule has 0 aliphatic rings. The smallest absolute Gasteiger partial charge is 0.186 e. The highest BCUT2D eigenvalue weighted by molar-refractivity contribution is 7.99. The zero-order chi connectivity index (χ0) is 14.7. The van der Waals surface area contributed by atoms with E-state index in [4.69, 9.17) is 11.6 Å². The van der Waals surface area contributed by atoms with Gasteiger partial charge in [0.25, 0.3) is 0 Å². The average Bonchev–Trinajstić information content (AvgIpc) is 2.90. The second kappa shape index (κ2) is 6.45. The summed E-state index contributed by atoms with van der Waals surface area (Å²) in [6.07, 6.45) is 2.31. The summed E-state index contributed by atoms with van der Waals surface area (Å²) in [4.78, 5) is 0. The van der Waals surface area contributed by atoms with E-state index in [0.29, 0.717) is 5.15 Å². The number of halogens is 1. The van der Waals surface area contributed by atoms with Gasteiger partial charge in [0, 0.05) is 11.3 Å². The first kappa shape index (κ1) is 14.4. The second-order valence-electron chi connectivity index (χ2n) is 4.67. The third-order valence-corrected chi connectivity index (χ3v) is 4.42. The molecule has 0 aliphatic heterocycles. The molecule has 2 aromatic heterocycles. The van der Waals surface area contributed by atoms with E-state index < -0.39 is 0 Å². The monoisotopic (exact) mass is 318 g/mol. The standard InChI is InChI=1S/C15H15ClN4S/c1-2-3-9-21-15-18-17-13-10-12(14(16)19-20(13)15)11-7-5-4-6-8-11/h4-8,10H,2-3,9H2,1H3. The van der Waals surface area contributed by atoms with Crippen molar-refractivity contribution in [2.45, 2.75) is 24.9 Å². The van der Waals surface area contributed by atoms with Crippen molar-refractivity contribution in [2.24, 2.45) is 0 Å². The summed E-state index contributed by atoms with van der Waals surface area (Å²) in [5.74, 6) is 1.01. The summed E-state index contributed by atoms with van der Waals surface area (Å²) >= 11 is 7.99. The Morgan fingerprint density at radius 3 is 2.76 bits per heavy atom. The molecule has 4 nitrogen and oxygen atoms in total. The minimum atomic E-state index is 0.464. The number of thioether (sulfide) groups is 1. The van der Waals surface area contributed by atoms with E-state index in [1.165, 1.54) is 0 Å². The van der Waals surface area contributed by atoms with Crippen LogP contribution in [0, 0.1) is 0 Å². The molecule has 0 bridgehead atoms. The Morgan fingerprint density at radius 1 is 1.19 bits per heavy atom. The maximum atomic E-state index is 6.33. The van der Waals surface area contributed by atoms with Crippen LogP contribution in [0.2, 0.25) is 5.15 Å². The summed E-state index contributed by atoms with van der Waals surface area (Å²) in [5.41, 5.74) is 2.63. The van der Waals surface area contributed by atoms with Crippen molar-refractivity contribution in [2.75, 3.05) is 5.75 Å². The Kier molecular flexibility index (Phi) is 4.41. The average molecular weight is 319 g/mol. The van der Waals surface area contributed by atoms with Crippen LogP contribution in [0.3, 0.4) is 0 Å². The van der Waals surface area contributed by atoms with E-state index in [1.54, 1.807) is 16.3 Å². The van der Waals surface area contributed by atoms with E-state index in [2.05, 4.69) is 22.2 Å². The summed E-state index contributed by atoms with van der Waals surface area (Å²) in [6, 6.07) is 11.9. The maximum absolute atomic E-state index is 6.33. The highest BCUT2D eigenvalue weighted by Crippen LogP contribution is 2.28. The van der Waals surface area contributed by atoms with Gasteiger partial charge in [0.15, 0.2) is 10.8 Å². The molecule has 0 unspecified atom stereocenters. The molecule has 0 radical (unpaired) electrons. The van der Waals surface area contributed by atoms with Crippen molar-refractivity contribution in [3.63, 3.8) is 0 Å². The minimum Gasteiger partial charge on any atom is -0.186 e. The third-order valence-electron chi connectivity index (χ3n) is 3.13. The molecule has 0 spiro atoms. The second-order valence-corrected chi connectivity index (χ2v) is 6.09. The minimum absolute atomic E-state index is 0.464. The molecule has 1 aromatic carbocycles. The molecule has 3 rings (SSSR count). The summed E-state index contributed by atoms with van der Waals surface area (Å²) in [5, 5.41) is 14.1. The fraction of sp³-hybridized carbons (Fsp3) is 0.267. The molecule has 108 valence electrons. The SMILES string of the molecule is CCCCSc1nnc2cc(-c3ccccc3)c(Cl)nn12. The molecule has 0 atom stereocenters. The van der Waals surface area contributed by atoms with E-state index in [-0.39, 0.29) is 0 Å². The van der Waals surface area contributed by atoms with Crippen molar-refractivity contribution in [1.82, 2.24) is 19.8 Å². The van der Waals surface area contributed by atoms with Crippen LogP contribution in [0.4, 0.5) is 0 Å². The van der Waals surface area contributed by atoms with Gasteiger partial charge in [0.05, 0.1) is 0 Å². The lowest BCUT2D eigenvalue weighted by molar-refractivity contribution is 0.806. The normalized spacial score (nSPS) is 11.1. The van der Waals surface area contributed by atoms with E-state index in [9.17, 15) is 0 Å². The molecular weight excluding hydrogens is 304 g/mol. The van der Waals surface area contributed by atoms with Gasteiger partial charge < -0.3 is 0 Å². The van der Waals surface area contributed by atoms with Gasteiger partial charge in [0.2, 0.25) is 5.16 Å². The quantitative estimate of drug-likeness (QED) is 0.518. The predicted molar refractivity (Wildman–Crippen MR) is 86.9 cm³/mol. The van der Waals surface area contributed by atoms with Crippen molar-refractivity contribution >= 4 is 29.0 Å². The summed E-state index contributed by atoms with van der Waals surface area (Å²) in [6.45, 7) is 2.17. The van der Waals surface area contributed by atoms with Gasteiger partial charge in [-0.15, -0.1) is 10.2 Å². The van der Waals surface area contributed by atoms with Crippen LogP contribution in [-0.4, -0.2) is 25.6 Å². The zero-order valence-electron chi connectivity index (χ0n) is 11.7. The zero-order valence-corrected chi connectivity index (χ0v) is 13.2. The number of aromatic nitrogens is 4. The van der Waals surface area contributed by atoms with E-state index in [0.717, 1.165) is 40.5 Å². The first-order valence-electron chi connectivity index (χ1n) is 6.89. The van der Waals surface area contributed by atoms with Crippen LogP contribution in [0.25, 0.3) is 16.8 Å². The van der Waals surface area contributed by atoms with Gasteiger partial charge in [-0.3, -0.25) is 0 Å². The highest BCUT2D eigenvalue weighted by Gasteiger charge is 2.12. The number of rotatable bonds is 5. The first-order chi connectivity index (χ1) is 10.3. The third kappa shape index (κ3) is 3.04. The Bertz CT molecular complexity index is 742. The molecular formula is C15H15ClN4S. The van der Waals surface area contributed by atoms with Crippen LogP contribution in [0.1, 0.15) is 19.8 Å². The fourth-order valence-electron chi connectivity index (χ4n) is 2.01. The summed E-state index contributed by atoms with van der Waals surface area (Å²) < 4.78 is 1.72. The Labute approximate surface area is 132 Å². The molecule has 0 N–H and O–H groups in total. The lowest BCUT2D eigenvalue weighted by Crippen LogP contribution is -1.97. The molecule has 6 heteroatoms. The van der Waals surface area contributed by atoms with Gasteiger partial charge in [-0.25, -0.2) is 0 Å².